The Morgan fingerprint density at radius 1 is 0.906 bits per heavy atom. The van der Waals surface area contributed by atoms with Gasteiger partial charge in [0, 0.05) is 36.3 Å². The number of aliphatic hydroxyl groups is 1. The molecule has 6 aromatic rings. The maximum atomic E-state index is 12.7. The first kappa shape index (κ1) is 35.1. The quantitative estimate of drug-likeness (QED) is 0.186. The van der Waals surface area contributed by atoms with Crippen molar-refractivity contribution in [2.45, 2.75) is 25.5 Å². The fraction of sp³-hybridized carbons (Fsp3) is 0.244. The molecular formula is C41H40N6O6. The van der Waals surface area contributed by atoms with E-state index in [0.717, 1.165) is 16.7 Å². The van der Waals surface area contributed by atoms with Crippen molar-refractivity contribution in [3.63, 3.8) is 0 Å². The number of carbonyl (C=O) groups is 2. The summed E-state index contributed by atoms with van der Waals surface area (Å²) in [6.07, 6.45) is 3.70. The summed E-state index contributed by atoms with van der Waals surface area (Å²) >= 11 is 0. The molecule has 5 heterocycles. The lowest BCUT2D eigenvalue weighted by atomic mass is 9.76. The van der Waals surface area contributed by atoms with Crippen molar-refractivity contribution in [1.82, 2.24) is 24.4 Å². The number of H-pyrrole nitrogens is 1. The molecule has 2 aromatic heterocycles. The van der Waals surface area contributed by atoms with Crippen LogP contribution in [0.2, 0.25) is 0 Å². The summed E-state index contributed by atoms with van der Waals surface area (Å²) in [7, 11) is 3.30. The molecule has 53 heavy (non-hydrogen) atoms. The van der Waals surface area contributed by atoms with Crippen LogP contribution in [0.5, 0.6) is 17.2 Å². The number of benzene rings is 4. The van der Waals surface area contributed by atoms with Gasteiger partial charge in [0.15, 0.2) is 28.2 Å². The summed E-state index contributed by atoms with van der Waals surface area (Å²) in [5.74, 6) is 1.64. The SMILES string of the molecule is CCC1(Cn2cnc3nc[nH]c3c2=NC(=O)c2ccccc2)CN(CCO)C1=O.COc1c2ccc(c1OC)C(c1ccccc1)(c1ccccc1)O2. The van der Waals surface area contributed by atoms with E-state index in [0.29, 0.717) is 65.5 Å². The number of aliphatic hydroxyl groups excluding tert-OH is 1. The highest BCUT2D eigenvalue weighted by Gasteiger charge is 2.51. The van der Waals surface area contributed by atoms with Crippen molar-refractivity contribution in [3.05, 3.63) is 144 Å². The van der Waals surface area contributed by atoms with Crippen molar-refractivity contribution >= 4 is 23.0 Å². The van der Waals surface area contributed by atoms with Crippen LogP contribution in [0, 0.1) is 5.41 Å². The van der Waals surface area contributed by atoms with Crippen molar-refractivity contribution < 1.29 is 28.9 Å². The highest BCUT2D eigenvalue weighted by atomic mass is 16.6. The van der Waals surface area contributed by atoms with Crippen molar-refractivity contribution in [2.24, 2.45) is 10.4 Å². The monoisotopic (exact) mass is 712 g/mol. The number of likely N-dealkylation sites (tertiary alicyclic amines) is 1. The van der Waals surface area contributed by atoms with Gasteiger partial charge >= 0.3 is 0 Å². The highest BCUT2D eigenvalue weighted by molar-refractivity contribution is 5.95. The maximum Gasteiger partial charge on any atom is 0.279 e. The van der Waals surface area contributed by atoms with E-state index in [2.05, 4.69) is 50.3 Å². The number of hydrogen-bond donors (Lipinski definition) is 2. The van der Waals surface area contributed by atoms with Gasteiger partial charge in [-0.05, 0) is 30.7 Å². The molecule has 0 spiro atoms. The minimum absolute atomic E-state index is 0.00778. The summed E-state index contributed by atoms with van der Waals surface area (Å²) in [6, 6.07) is 33.2. The first-order valence-electron chi connectivity index (χ1n) is 17.4. The zero-order valence-electron chi connectivity index (χ0n) is 29.7. The number of imidazole rings is 1. The minimum atomic E-state index is -0.736. The van der Waals surface area contributed by atoms with Gasteiger partial charge in [0.05, 0.1) is 44.5 Å². The van der Waals surface area contributed by atoms with E-state index in [1.807, 2.05) is 55.5 Å². The van der Waals surface area contributed by atoms with Crippen LogP contribution in [0.1, 0.15) is 40.4 Å². The van der Waals surface area contributed by atoms with Gasteiger partial charge in [0.2, 0.25) is 11.7 Å². The molecule has 2 bridgehead atoms. The number of amides is 2. The number of β-amino-alcohol motifs (C(OH)–C–C–N with tert-alkyl or cyclic N) is 1. The molecular weight excluding hydrogens is 672 g/mol. The number of nitrogens with zero attached hydrogens (tertiary/aromatic N) is 5. The fourth-order valence-corrected chi connectivity index (χ4v) is 7.18. The van der Waals surface area contributed by atoms with E-state index in [1.165, 1.54) is 6.33 Å². The summed E-state index contributed by atoms with van der Waals surface area (Å²) < 4.78 is 19.5. The molecule has 1 atom stereocenters. The van der Waals surface area contributed by atoms with E-state index in [1.54, 1.807) is 54.3 Å². The lowest BCUT2D eigenvalue weighted by Crippen LogP contribution is -2.63. The summed E-state index contributed by atoms with van der Waals surface area (Å²) in [6.45, 7) is 3.11. The van der Waals surface area contributed by atoms with Crippen LogP contribution in [0.25, 0.3) is 11.2 Å². The first-order valence-corrected chi connectivity index (χ1v) is 17.4. The van der Waals surface area contributed by atoms with Crippen molar-refractivity contribution in [3.8, 4) is 17.2 Å². The molecule has 1 unspecified atom stereocenters. The molecule has 0 saturated carbocycles. The van der Waals surface area contributed by atoms with Gasteiger partial charge in [-0.15, -0.1) is 0 Å². The Labute approximate surface area is 306 Å². The second-order valence-electron chi connectivity index (χ2n) is 12.9. The van der Waals surface area contributed by atoms with Gasteiger partial charge < -0.3 is 33.8 Å². The third-order valence-corrected chi connectivity index (χ3v) is 9.90. The summed E-state index contributed by atoms with van der Waals surface area (Å²) in [5, 5.41) is 9.13. The average Bonchev–Trinajstić information content (AvgIpc) is 3.71. The van der Waals surface area contributed by atoms with E-state index in [4.69, 9.17) is 19.3 Å². The molecule has 3 aliphatic heterocycles. The summed E-state index contributed by atoms with van der Waals surface area (Å²) in [5.41, 5.74) is 3.57. The van der Waals surface area contributed by atoms with Crippen LogP contribution in [0.4, 0.5) is 0 Å². The Bertz CT molecular complexity index is 2270. The number of ether oxygens (including phenoxy) is 3. The normalized spacial score (nSPS) is 17.1. The lowest BCUT2D eigenvalue weighted by molar-refractivity contribution is -0.163. The Balaban J connectivity index is 0.000000167. The molecule has 9 rings (SSSR count). The van der Waals surface area contributed by atoms with E-state index in [-0.39, 0.29) is 18.4 Å². The minimum Gasteiger partial charge on any atom is -0.492 e. The molecule has 4 aromatic carbocycles. The predicted octanol–water partition coefficient (Wildman–Crippen LogP) is 5.12. The predicted molar refractivity (Wildman–Crippen MR) is 198 cm³/mol. The van der Waals surface area contributed by atoms with Gasteiger partial charge in [-0.2, -0.15) is 4.99 Å². The zero-order chi connectivity index (χ0) is 37.0. The number of methoxy groups -OCH3 is 2. The second kappa shape index (κ2) is 14.8. The Morgan fingerprint density at radius 3 is 2.13 bits per heavy atom. The molecule has 2 N–H and O–H groups in total. The molecule has 0 radical (unpaired) electrons. The van der Waals surface area contributed by atoms with Crippen molar-refractivity contribution in [2.75, 3.05) is 33.9 Å². The van der Waals surface area contributed by atoms with Crippen LogP contribution in [0.3, 0.4) is 0 Å². The number of carbonyl (C=O) groups excluding carboxylic acids is 2. The molecule has 2 amide bonds. The van der Waals surface area contributed by atoms with Gasteiger partial charge in [0.25, 0.3) is 5.91 Å². The van der Waals surface area contributed by atoms with E-state index < -0.39 is 11.0 Å². The van der Waals surface area contributed by atoms with Gasteiger partial charge in [-0.3, -0.25) is 9.59 Å². The summed E-state index contributed by atoms with van der Waals surface area (Å²) in [4.78, 5) is 42.9. The Morgan fingerprint density at radius 2 is 1.55 bits per heavy atom. The second-order valence-corrected chi connectivity index (χ2v) is 12.9. The standard InChI is InChI=1S/C21H18O3.C20H22N6O3/c1-22-19-17-13-14-18(20(19)23-2)24-21(17,15-9-5-3-6-10-15)16-11-7-4-8-12-16;1-2-20(10-25(8-9-27)19(20)29)11-26-13-23-16-15(21-12-22-16)17(26)24-18(28)14-6-4-3-5-7-14/h3-14H,1-2H3;3-7,12-13,27H,2,8-11H2,1H3,(H,21,22). The van der Waals surface area contributed by atoms with Gasteiger partial charge in [-0.25, -0.2) is 9.97 Å². The number of β-lactam (4-membered cyclic amide) rings is 1. The number of hydrogen-bond acceptors (Lipinski definition) is 8. The zero-order valence-corrected chi connectivity index (χ0v) is 29.7. The van der Waals surface area contributed by atoms with Crippen LogP contribution < -0.4 is 19.7 Å². The molecule has 1 saturated heterocycles. The number of nitrogens with one attached hydrogen (secondary N) is 1. The Hall–Kier alpha value is -6.27. The fourth-order valence-electron chi connectivity index (χ4n) is 7.18. The average molecular weight is 713 g/mol. The third kappa shape index (κ3) is 6.20. The molecule has 0 aliphatic carbocycles. The largest absolute Gasteiger partial charge is 0.492 e. The third-order valence-electron chi connectivity index (χ3n) is 9.90. The topological polar surface area (TPSA) is 144 Å². The van der Waals surface area contributed by atoms with Crippen LogP contribution in [0.15, 0.2) is 121 Å². The lowest BCUT2D eigenvalue weighted by Gasteiger charge is -2.48. The van der Waals surface area contributed by atoms with Crippen LogP contribution in [-0.2, 0) is 16.9 Å². The highest BCUT2D eigenvalue weighted by Crippen LogP contribution is 2.56. The van der Waals surface area contributed by atoms with Crippen LogP contribution >= 0.6 is 0 Å². The Kier molecular flexibility index (Phi) is 9.79. The van der Waals surface area contributed by atoms with Gasteiger partial charge in [0.1, 0.15) is 5.52 Å². The van der Waals surface area contributed by atoms with E-state index >= 15 is 0 Å². The van der Waals surface area contributed by atoms with Gasteiger partial charge in [-0.1, -0.05) is 85.8 Å². The molecule has 3 aliphatic rings. The number of fused-ring (bicyclic) bond motifs is 4. The van der Waals surface area contributed by atoms with E-state index in [9.17, 15) is 9.59 Å². The molecule has 270 valence electrons. The van der Waals surface area contributed by atoms with Crippen molar-refractivity contribution in [1.29, 1.82) is 0 Å². The molecule has 1 fully saturated rings. The maximum absolute atomic E-state index is 12.7. The number of aromatic amines is 1. The number of rotatable bonds is 10. The van der Waals surface area contributed by atoms with Crippen LogP contribution in [-0.4, -0.2) is 75.3 Å². The molecule has 12 heteroatoms. The first-order chi connectivity index (χ1) is 25.9. The molecule has 12 nitrogen and oxygen atoms in total. The smallest absolute Gasteiger partial charge is 0.279 e. The number of aromatic nitrogens is 4.